The van der Waals surface area contributed by atoms with Crippen molar-refractivity contribution in [3.63, 3.8) is 0 Å². The second-order valence-electron chi connectivity index (χ2n) is 5.76. The van der Waals surface area contributed by atoms with Crippen molar-refractivity contribution >= 4 is 7.32 Å². The fourth-order valence-electron chi connectivity index (χ4n) is 1.08. The molecule has 1 saturated carbocycles. The average molecular weight is 280 g/mol. The molecule has 0 aromatic carbocycles. The summed E-state index contributed by atoms with van der Waals surface area (Å²) in [5.41, 5.74) is -2.01. The van der Waals surface area contributed by atoms with Crippen molar-refractivity contribution in [3.8, 4) is 0 Å². The van der Waals surface area contributed by atoms with Crippen molar-refractivity contribution in [1.82, 2.24) is 0 Å². The zero-order valence-corrected chi connectivity index (χ0v) is 12.4. The standard InChI is InChI=1S/C6H14O2.C6H12O.BH3O3/c1-5(2,7)6(3,4)8;7-6-4-2-1-3-5-6;2-1(3)4/h7-8H,1-4H3;6-7H,1-5H2;2-4H. The van der Waals surface area contributed by atoms with Crippen LogP contribution < -0.4 is 0 Å². The second kappa shape index (κ2) is 9.69. The Bertz CT molecular complexity index is 188. The van der Waals surface area contributed by atoms with Crippen LogP contribution in [0.3, 0.4) is 0 Å². The van der Waals surface area contributed by atoms with Crippen molar-refractivity contribution in [3.05, 3.63) is 0 Å². The fraction of sp³-hybridized carbons (Fsp3) is 1.00. The topological polar surface area (TPSA) is 121 Å². The van der Waals surface area contributed by atoms with Crippen molar-refractivity contribution in [1.29, 1.82) is 0 Å². The van der Waals surface area contributed by atoms with E-state index in [2.05, 4.69) is 0 Å². The molecule has 0 saturated heterocycles. The summed E-state index contributed by atoms with van der Waals surface area (Å²) in [5.74, 6) is 0. The quantitative estimate of drug-likeness (QED) is 0.370. The van der Waals surface area contributed by atoms with Gasteiger partial charge < -0.3 is 30.4 Å². The molecule has 116 valence electrons. The molecule has 0 unspecified atom stereocenters. The van der Waals surface area contributed by atoms with E-state index in [0.717, 1.165) is 12.8 Å². The van der Waals surface area contributed by atoms with Gasteiger partial charge in [-0.2, -0.15) is 0 Å². The predicted molar refractivity (Wildman–Crippen MR) is 74.1 cm³/mol. The van der Waals surface area contributed by atoms with Gasteiger partial charge in [-0.25, -0.2) is 0 Å². The second-order valence-corrected chi connectivity index (χ2v) is 5.76. The molecule has 1 aliphatic carbocycles. The molecule has 0 aromatic rings. The van der Waals surface area contributed by atoms with Crippen molar-refractivity contribution < 1.29 is 30.4 Å². The maximum atomic E-state index is 9.10. The van der Waals surface area contributed by atoms with Crippen molar-refractivity contribution in [2.24, 2.45) is 0 Å². The van der Waals surface area contributed by atoms with Gasteiger partial charge in [-0.1, -0.05) is 19.3 Å². The highest BCUT2D eigenvalue weighted by molar-refractivity contribution is 6.30. The molecule has 0 aromatic heterocycles. The van der Waals surface area contributed by atoms with Crippen LogP contribution in [-0.4, -0.2) is 55.0 Å². The molecule has 1 aliphatic rings. The first-order chi connectivity index (χ1) is 8.38. The Morgan fingerprint density at radius 1 is 0.789 bits per heavy atom. The molecule has 6 nitrogen and oxygen atoms in total. The van der Waals surface area contributed by atoms with Crippen LogP contribution in [0, 0.1) is 0 Å². The molecular formula is C12H29BO6. The van der Waals surface area contributed by atoms with Gasteiger partial charge in [0.25, 0.3) is 0 Å². The molecular weight excluding hydrogens is 251 g/mol. The van der Waals surface area contributed by atoms with Gasteiger partial charge in [-0.15, -0.1) is 0 Å². The lowest BCUT2D eigenvalue weighted by atomic mass is 9.90. The van der Waals surface area contributed by atoms with Crippen LogP contribution in [0.25, 0.3) is 0 Å². The third kappa shape index (κ3) is 15.8. The summed E-state index contributed by atoms with van der Waals surface area (Å²) < 4.78 is 0. The summed E-state index contributed by atoms with van der Waals surface area (Å²) >= 11 is 0. The lowest BCUT2D eigenvalue weighted by Crippen LogP contribution is -2.44. The molecule has 1 fully saturated rings. The minimum absolute atomic E-state index is 0.0359. The predicted octanol–water partition coefficient (Wildman–Crippen LogP) is -0.212. The first kappa shape index (κ1) is 21.1. The van der Waals surface area contributed by atoms with Crippen LogP contribution in [-0.2, 0) is 0 Å². The Morgan fingerprint density at radius 3 is 1.16 bits per heavy atom. The number of rotatable bonds is 1. The van der Waals surface area contributed by atoms with Crippen LogP contribution in [0.15, 0.2) is 0 Å². The highest BCUT2D eigenvalue weighted by Crippen LogP contribution is 2.19. The van der Waals surface area contributed by atoms with Crippen LogP contribution in [0.1, 0.15) is 59.8 Å². The molecule has 0 amide bonds. The van der Waals surface area contributed by atoms with E-state index in [0.29, 0.717) is 0 Å². The SMILES string of the molecule is CC(C)(O)C(C)(C)O.OB(O)O.OC1CCCCC1. The molecule has 6 N–H and O–H groups in total. The highest BCUT2D eigenvalue weighted by atomic mass is 16.5. The fourth-order valence-corrected chi connectivity index (χ4v) is 1.08. The van der Waals surface area contributed by atoms with Gasteiger partial charge in [0.1, 0.15) is 0 Å². The summed E-state index contributed by atoms with van der Waals surface area (Å²) in [6.07, 6.45) is 5.92. The Balaban J connectivity index is 0. The molecule has 0 heterocycles. The van der Waals surface area contributed by atoms with Crippen LogP contribution in [0.4, 0.5) is 0 Å². The number of aliphatic hydroxyl groups is 3. The van der Waals surface area contributed by atoms with E-state index in [1.54, 1.807) is 27.7 Å². The molecule has 1 rings (SSSR count). The van der Waals surface area contributed by atoms with Gasteiger partial charge in [0.05, 0.1) is 17.3 Å². The van der Waals surface area contributed by atoms with E-state index in [9.17, 15) is 0 Å². The first-order valence-corrected chi connectivity index (χ1v) is 6.55. The Kier molecular flexibility index (Phi) is 10.8. The maximum Gasteiger partial charge on any atom is 0.631 e. The minimum Gasteiger partial charge on any atom is -0.402 e. The molecule has 7 heteroatoms. The van der Waals surface area contributed by atoms with E-state index < -0.39 is 18.5 Å². The Morgan fingerprint density at radius 2 is 1.05 bits per heavy atom. The zero-order valence-electron chi connectivity index (χ0n) is 12.4. The van der Waals surface area contributed by atoms with E-state index >= 15 is 0 Å². The lowest BCUT2D eigenvalue weighted by molar-refractivity contribution is -0.107. The highest BCUT2D eigenvalue weighted by Gasteiger charge is 2.31. The minimum atomic E-state index is -2.17. The summed E-state index contributed by atoms with van der Waals surface area (Å²) in [6, 6.07) is 0. The van der Waals surface area contributed by atoms with E-state index in [1.807, 2.05) is 0 Å². The monoisotopic (exact) mass is 280 g/mol. The number of aliphatic hydroxyl groups excluding tert-OH is 1. The summed E-state index contributed by atoms with van der Waals surface area (Å²) in [7, 11) is -2.17. The first-order valence-electron chi connectivity index (χ1n) is 6.55. The van der Waals surface area contributed by atoms with Gasteiger partial charge in [0.2, 0.25) is 0 Å². The Hall–Kier alpha value is -0.175. The van der Waals surface area contributed by atoms with Crippen LogP contribution in [0.2, 0.25) is 0 Å². The molecule has 0 bridgehead atoms. The van der Waals surface area contributed by atoms with Crippen LogP contribution in [0.5, 0.6) is 0 Å². The summed E-state index contributed by atoms with van der Waals surface area (Å²) in [5, 5.41) is 48.6. The number of hydrogen-bond acceptors (Lipinski definition) is 6. The van der Waals surface area contributed by atoms with E-state index in [-0.39, 0.29) is 6.10 Å². The van der Waals surface area contributed by atoms with Gasteiger partial charge in [-0.3, -0.25) is 0 Å². The van der Waals surface area contributed by atoms with E-state index in [4.69, 9.17) is 30.4 Å². The van der Waals surface area contributed by atoms with Gasteiger partial charge in [0, 0.05) is 0 Å². The Labute approximate surface area is 115 Å². The third-order valence-corrected chi connectivity index (χ3v) is 3.07. The number of hydrogen-bond donors (Lipinski definition) is 6. The average Bonchev–Trinajstić information content (AvgIpc) is 2.15. The van der Waals surface area contributed by atoms with Crippen molar-refractivity contribution in [2.75, 3.05) is 0 Å². The summed E-state index contributed by atoms with van der Waals surface area (Å²) in [4.78, 5) is 0. The normalized spacial score (nSPS) is 16.7. The molecule has 0 spiro atoms. The largest absolute Gasteiger partial charge is 0.631 e. The smallest absolute Gasteiger partial charge is 0.402 e. The molecule has 0 radical (unpaired) electrons. The third-order valence-electron chi connectivity index (χ3n) is 3.07. The van der Waals surface area contributed by atoms with E-state index in [1.165, 1.54) is 19.3 Å². The lowest BCUT2D eigenvalue weighted by Gasteiger charge is -2.31. The molecule has 0 aliphatic heterocycles. The summed E-state index contributed by atoms with van der Waals surface area (Å²) in [6.45, 7) is 6.31. The van der Waals surface area contributed by atoms with Crippen LogP contribution >= 0.6 is 0 Å². The molecule has 19 heavy (non-hydrogen) atoms. The van der Waals surface area contributed by atoms with Gasteiger partial charge in [-0.05, 0) is 40.5 Å². The van der Waals surface area contributed by atoms with Gasteiger partial charge >= 0.3 is 7.32 Å². The van der Waals surface area contributed by atoms with Crippen molar-refractivity contribution in [2.45, 2.75) is 77.1 Å². The zero-order chi connectivity index (χ0) is 15.7. The van der Waals surface area contributed by atoms with Gasteiger partial charge in [0.15, 0.2) is 0 Å². The molecule has 0 atom stereocenters. The maximum absolute atomic E-state index is 9.10.